The lowest BCUT2D eigenvalue weighted by molar-refractivity contribution is -0.140. The molecule has 3 aromatic rings. The zero-order valence-corrected chi connectivity index (χ0v) is 17.5. The molecule has 29 heavy (non-hydrogen) atoms. The SMILES string of the molecule is COC(=O)CNC(=O)CSc1nnc(-c2ccc(Cl)cc2)n1-c1ccccc1C. The van der Waals surface area contributed by atoms with Gasteiger partial charge in [0, 0.05) is 10.6 Å². The number of rotatable bonds is 7. The maximum atomic E-state index is 12.1. The molecule has 3 rings (SSSR count). The van der Waals surface area contributed by atoms with Crippen LogP contribution < -0.4 is 5.32 Å². The smallest absolute Gasteiger partial charge is 0.325 e. The lowest BCUT2D eigenvalue weighted by Gasteiger charge is -2.13. The fraction of sp³-hybridized carbons (Fsp3) is 0.200. The summed E-state index contributed by atoms with van der Waals surface area (Å²) in [5.74, 6) is -0.0700. The van der Waals surface area contributed by atoms with Gasteiger partial charge in [-0.3, -0.25) is 14.2 Å². The van der Waals surface area contributed by atoms with Crippen molar-refractivity contribution in [1.82, 2.24) is 20.1 Å². The van der Waals surface area contributed by atoms with E-state index in [0.717, 1.165) is 16.8 Å². The predicted molar refractivity (Wildman–Crippen MR) is 112 cm³/mol. The Morgan fingerprint density at radius 3 is 2.55 bits per heavy atom. The van der Waals surface area contributed by atoms with Gasteiger partial charge in [0.25, 0.3) is 0 Å². The molecule has 2 aromatic carbocycles. The second-order valence-electron chi connectivity index (χ2n) is 6.08. The maximum Gasteiger partial charge on any atom is 0.325 e. The fourth-order valence-electron chi connectivity index (χ4n) is 2.60. The molecule has 1 aromatic heterocycles. The Morgan fingerprint density at radius 2 is 1.86 bits per heavy atom. The second-order valence-corrected chi connectivity index (χ2v) is 7.46. The maximum absolute atomic E-state index is 12.1. The monoisotopic (exact) mass is 430 g/mol. The van der Waals surface area contributed by atoms with E-state index in [1.807, 2.05) is 47.9 Å². The number of esters is 1. The van der Waals surface area contributed by atoms with Crippen LogP contribution in [-0.4, -0.2) is 46.0 Å². The van der Waals surface area contributed by atoms with Gasteiger partial charge < -0.3 is 10.1 Å². The number of thioether (sulfide) groups is 1. The first-order valence-electron chi connectivity index (χ1n) is 8.73. The van der Waals surface area contributed by atoms with Crippen LogP contribution >= 0.6 is 23.4 Å². The van der Waals surface area contributed by atoms with Crippen molar-refractivity contribution >= 4 is 35.2 Å². The number of para-hydroxylation sites is 1. The molecule has 0 saturated heterocycles. The molecule has 0 saturated carbocycles. The van der Waals surface area contributed by atoms with Crippen LogP contribution in [0.1, 0.15) is 5.56 Å². The molecule has 0 radical (unpaired) electrons. The van der Waals surface area contributed by atoms with Crippen LogP contribution in [0.2, 0.25) is 5.02 Å². The van der Waals surface area contributed by atoms with Crippen molar-refractivity contribution in [3.8, 4) is 17.1 Å². The van der Waals surface area contributed by atoms with Gasteiger partial charge in [0.2, 0.25) is 5.91 Å². The molecule has 0 atom stereocenters. The first-order valence-corrected chi connectivity index (χ1v) is 10.1. The minimum atomic E-state index is -0.503. The van der Waals surface area contributed by atoms with Gasteiger partial charge in [-0.15, -0.1) is 10.2 Å². The molecule has 150 valence electrons. The molecule has 1 N–H and O–H groups in total. The predicted octanol–water partition coefficient (Wildman–Crippen LogP) is 3.28. The van der Waals surface area contributed by atoms with Crippen molar-refractivity contribution in [2.24, 2.45) is 0 Å². The molecule has 0 fully saturated rings. The minimum Gasteiger partial charge on any atom is -0.468 e. The van der Waals surface area contributed by atoms with Crippen LogP contribution in [0.4, 0.5) is 0 Å². The number of methoxy groups -OCH3 is 1. The first kappa shape index (κ1) is 20.9. The molecule has 1 heterocycles. The van der Waals surface area contributed by atoms with Gasteiger partial charge in [0.05, 0.1) is 18.6 Å². The Balaban J connectivity index is 1.89. The van der Waals surface area contributed by atoms with Crippen LogP contribution in [0.5, 0.6) is 0 Å². The molecular weight excluding hydrogens is 412 g/mol. The number of ether oxygens (including phenoxy) is 1. The van der Waals surface area contributed by atoms with Gasteiger partial charge in [0.1, 0.15) is 6.54 Å². The molecule has 1 amide bonds. The normalized spacial score (nSPS) is 10.6. The standard InChI is InChI=1S/C20H19ClN4O3S/c1-13-5-3-4-6-16(13)25-19(14-7-9-15(21)10-8-14)23-24-20(25)29-12-17(26)22-11-18(27)28-2/h3-10H,11-12H2,1-2H3,(H,22,26). The summed E-state index contributed by atoms with van der Waals surface area (Å²) in [6, 6.07) is 15.2. The summed E-state index contributed by atoms with van der Waals surface area (Å²) in [6.07, 6.45) is 0. The largest absolute Gasteiger partial charge is 0.468 e. The zero-order chi connectivity index (χ0) is 20.8. The number of aromatic nitrogens is 3. The van der Waals surface area contributed by atoms with Gasteiger partial charge in [-0.05, 0) is 42.8 Å². The quantitative estimate of drug-likeness (QED) is 0.457. The molecule has 0 aliphatic heterocycles. The van der Waals surface area contributed by atoms with Crippen molar-refractivity contribution in [1.29, 1.82) is 0 Å². The minimum absolute atomic E-state index is 0.0849. The first-order chi connectivity index (χ1) is 14.0. The van der Waals surface area contributed by atoms with Crippen LogP contribution in [0.25, 0.3) is 17.1 Å². The lowest BCUT2D eigenvalue weighted by Crippen LogP contribution is -2.31. The summed E-state index contributed by atoms with van der Waals surface area (Å²) < 4.78 is 6.43. The van der Waals surface area contributed by atoms with E-state index in [0.29, 0.717) is 16.0 Å². The fourth-order valence-corrected chi connectivity index (χ4v) is 3.51. The average molecular weight is 431 g/mol. The summed E-state index contributed by atoms with van der Waals surface area (Å²) in [4.78, 5) is 23.2. The number of aryl methyl sites for hydroxylation is 1. The third kappa shape index (κ3) is 5.16. The third-order valence-electron chi connectivity index (χ3n) is 4.08. The highest BCUT2D eigenvalue weighted by Crippen LogP contribution is 2.29. The lowest BCUT2D eigenvalue weighted by atomic mass is 10.1. The highest BCUT2D eigenvalue weighted by Gasteiger charge is 2.18. The average Bonchev–Trinajstić information content (AvgIpc) is 3.15. The van der Waals surface area contributed by atoms with Crippen molar-refractivity contribution in [2.45, 2.75) is 12.1 Å². The van der Waals surface area contributed by atoms with E-state index < -0.39 is 5.97 Å². The summed E-state index contributed by atoms with van der Waals surface area (Å²) in [7, 11) is 1.27. The van der Waals surface area contributed by atoms with Gasteiger partial charge in [-0.25, -0.2) is 0 Å². The number of carbonyl (C=O) groups is 2. The van der Waals surface area contributed by atoms with Crippen LogP contribution in [0, 0.1) is 6.92 Å². The second kappa shape index (κ2) is 9.58. The van der Waals surface area contributed by atoms with E-state index >= 15 is 0 Å². The van der Waals surface area contributed by atoms with E-state index in [4.69, 9.17) is 11.6 Å². The van der Waals surface area contributed by atoms with Crippen LogP contribution in [0.15, 0.2) is 53.7 Å². The number of halogens is 1. The summed E-state index contributed by atoms with van der Waals surface area (Å²) in [6.45, 7) is 1.83. The molecule has 9 heteroatoms. The Bertz CT molecular complexity index is 1020. The van der Waals surface area contributed by atoms with Crippen LogP contribution in [0.3, 0.4) is 0 Å². The Morgan fingerprint density at radius 1 is 1.14 bits per heavy atom. The van der Waals surface area contributed by atoms with Crippen LogP contribution in [-0.2, 0) is 14.3 Å². The van der Waals surface area contributed by atoms with E-state index in [1.54, 1.807) is 12.1 Å². The van der Waals surface area contributed by atoms with Crippen molar-refractivity contribution in [2.75, 3.05) is 19.4 Å². The number of amides is 1. The van der Waals surface area contributed by atoms with Gasteiger partial charge >= 0.3 is 5.97 Å². The van der Waals surface area contributed by atoms with Crippen molar-refractivity contribution in [3.63, 3.8) is 0 Å². The summed E-state index contributed by atoms with van der Waals surface area (Å²) >= 11 is 7.24. The summed E-state index contributed by atoms with van der Waals surface area (Å²) in [5.41, 5.74) is 2.81. The molecule has 0 spiro atoms. The molecule has 0 aliphatic rings. The molecule has 0 unspecified atom stereocenters. The van der Waals surface area contributed by atoms with Crippen molar-refractivity contribution in [3.05, 3.63) is 59.1 Å². The Labute approximate surface area is 177 Å². The van der Waals surface area contributed by atoms with E-state index in [-0.39, 0.29) is 18.2 Å². The number of hydrogen-bond acceptors (Lipinski definition) is 6. The van der Waals surface area contributed by atoms with Gasteiger partial charge in [0.15, 0.2) is 11.0 Å². The number of hydrogen-bond donors (Lipinski definition) is 1. The topological polar surface area (TPSA) is 86.1 Å². The van der Waals surface area contributed by atoms with E-state index in [9.17, 15) is 9.59 Å². The molecule has 7 nitrogen and oxygen atoms in total. The highest BCUT2D eigenvalue weighted by molar-refractivity contribution is 7.99. The molecule has 0 aliphatic carbocycles. The third-order valence-corrected chi connectivity index (χ3v) is 5.26. The number of nitrogens with one attached hydrogen (secondary N) is 1. The Hall–Kier alpha value is -2.84. The summed E-state index contributed by atoms with van der Waals surface area (Å²) in [5, 5.41) is 12.3. The highest BCUT2D eigenvalue weighted by atomic mass is 35.5. The van der Waals surface area contributed by atoms with Gasteiger partial charge in [-0.1, -0.05) is 41.6 Å². The number of carbonyl (C=O) groups excluding carboxylic acids is 2. The van der Waals surface area contributed by atoms with E-state index in [2.05, 4.69) is 20.3 Å². The van der Waals surface area contributed by atoms with Crippen molar-refractivity contribution < 1.29 is 14.3 Å². The molecule has 0 bridgehead atoms. The number of nitrogens with zero attached hydrogens (tertiary/aromatic N) is 3. The number of benzene rings is 2. The van der Waals surface area contributed by atoms with Gasteiger partial charge in [-0.2, -0.15) is 0 Å². The Kier molecular flexibility index (Phi) is 6.90. The molecular formula is C20H19ClN4O3S. The zero-order valence-electron chi connectivity index (χ0n) is 15.9. The van der Waals surface area contributed by atoms with E-state index in [1.165, 1.54) is 18.9 Å².